The number of hydrogen-bond donors (Lipinski definition) is 0. The van der Waals surface area contributed by atoms with E-state index in [1.54, 1.807) is 29.7 Å². The molecule has 1 aliphatic carbocycles. The average molecular weight is 354 g/mol. The van der Waals surface area contributed by atoms with E-state index in [0.717, 1.165) is 39.7 Å². The predicted molar refractivity (Wildman–Crippen MR) is 96.6 cm³/mol. The second kappa shape index (κ2) is 6.21. The highest BCUT2D eigenvalue weighted by Crippen LogP contribution is 2.33. The maximum absolute atomic E-state index is 12.7. The first-order valence-corrected chi connectivity index (χ1v) is 8.76. The lowest BCUT2D eigenvalue weighted by molar-refractivity contribution is -0.384. The molecule has 0 bridgehead atoms. The highest BCUT2D eigenvalue weighted by Gasteiger charge is 2.19. The SMILES string of the molecule is O=c1c2c3c(sc2cnn1N=Cc1ccc([N+](=O)[O-])cc1)CCCC3. The van der Waals surface area contributed by atoms with Gasteiger partial charge in [-0.3, -0.25) is 14.9 Å². The molecule has 0 unspecified atom stereocenters. The molecule has 126 valence electrons. The third-order valence-corrected chi connectivity index (χ3v) is 5.52. The second-order valence-electron chi connectivity index (χ2n) is 5.88. The van der Waals surface area contributed by atoms with Crippen molar-refractivity contribution in [2.24, 2.45) is 5.10 Å². The Hall–Kier alpha value is -2.87. The molecular weight excluding hydrogens is 340 g/mol. The summed E-state index contributed by atoms with van der Waals surface area (Å²) >= 11 is 1.65. The Morgan fingerprint density at radius 3 is 2.76 bits per heavy atom. The normalized spacial score (nSPS) is 14.1. The number of nitro benzene ring substituents is 1. The number of hydrogen-bond acceptors (Lipinski definition) is 6. The number of benzene rings is 1. The number of fused-ring (bicyclic) bond motifs is 3. The van der Waals surface area contributed by atoms with Crippen LogP contribution in [-0.2, 0) is 12.8 Å². The molecule has 2 aromatic heterocycles. The third kappa shape index (κ3) is 2.85. The van der Waals surface area contributed by atoms with Gasteiger partial charge in [-0.05, 0) is 48.9 Å². The van der Waals surface area contributed by atoms with Gasteiger partial charge in [0.1, 0.15) is 0 Å². The number of nitrogens with zero attached hydrogens (tertiary/aromatic N) is 4. The van der Waals surface area contributed by atoms with E-state index in [9.17, 15) is 14.9 Å². The molecule has 7 nitrogen and oxygen atoms in total. The molecule has 1 aromatic carbocycles. The molecule has 4 rings (SSSR count). The van der Waals surface area contributed by atoms with E-state index >= 15 is 0 Å². The Kier molecular flexibility index (Phi) is 3.89. The molecule has 0 fully saturated rings. The molecule has 0 aliphatic heterocycles. The fourth-order valence-electron chi connectivity index (χ4n) is 3.06. The first-order valence-electron chi connectivity index (χ1n) is 7.95. The fourth-order valence-corrected chi connectivity index (χ4v) is 4.31. The van der Waals surface area contributed by atoms with E-state index in [1.807, 2.05) is 0 Å². The first-order chi connectivity index (χ1) is 12.1. The van der Waals surface area contributed by atoms with Crippen LogP contribution in [0.2, 0.25) is 0 Å². The van der Waals surface area contributed by atoms with E-state index in [1.165, 1.54) is 29.6 Å². The van der Waals surface area contributed by atoms with Gasteiger partial charge in [-0.2, -0.15) is 10.2 Å². The standard InChI is InChI=1S/C17H14N4O3S/c22-17-16-13-3-1-2-4-14(13)25-15(16)10-19-20(17)18-9-11-5-7-12(8-6-11)21(23)24/h5-10H,1-4H2. The molecule has 2 heterocycles. The van der Waals surface area contributed by atoms with Crippen LogP contribution in [-0.4, -0.2) is 21.0 Å². The molecular formula is C17H14N4O3S. The summed E-state index contributed by atoms with van der Waals surface area (Å²) in [5, 5.41) is 19.7. The zero-order valence-corrected chi connectivity index (χ0v) is 14.0. The van der Waals surface area contributed by atoms with Crippen LogP contribution in [0.25, 0.3) is 10.1 Å². The Morgan fingerprint density at radius 1 is 1.24 bits per heavy atom. The quantitative estimate of drug-likeness (QED) is 0.410. The highest BCUT2D eigenvalue weighted by atomic mass is 32.1. The van der Waals surface area contributed by atoms with Gasteiger partial charge >= 0.3 is 0 Å². The Labute approximate surface area is 146 Å². The lowest BCUT2D eigenvalue weighted by Crippen LogP contribution is -2.19. The van der Waals surface area contributed by atoms with Crippen molar-refractivity contribution in [1.82, 2.24) is 9.89 Å². The molecule has 0 N–H and O–H groups in total. The van der Waals surface area contributed by atoms with Gasteiger partial charge in [0, 0.05) is 17.0 Å². The predicted octanol–water partition coefficient (Wildman–Crippen LogP) is 3.13. The van der Waals surface area contributed by atoms with Gasteiger partial charge in [-0.15, -0.1) is 16.1 Å². The lowest BCUT2D eigenvalue weighted by atomic mass is 9.97. The van der Waals surface area contributed by atoms with E-state index in [4.69, 9.17) is 0 Å². The molecule has 0 amide bonds. The molecule has 0 radical (unpaired) electrons. The summed E-state index contributed by atoms with van der Waals surface area (Å²) in [4.78, 5) is 25.3. The largest absolute Gasteiger partial charge is 0.297 e. The Morgan fingerprint density at radius 2 is 2.00 bits per heavy atom. The summed E-state index contributed by atoms with van der Waals surface area (Å²) < 4.78 is 0.915. The second-order valence-corrected chi connectivity index (χ2v) is 7.02. The van der Waals surface area contributed by atoms with Crippen molar-refractivity contribution >= 4 is 33.3 Å². The summed E-state index contributed by atoms with van der Waals surface area (Å²) in [5.74, 6) is 0. The van der Waals surface area contributed by atoms with Crippen molar-refractivity contribution < 1.29 is 4.92 Å². The van der Waals surface area contributed by atoms with Crippen molar-refractivity contribution in [2.45, 2.75) is 25.7 Å². The van der Waals surface area contributed by atoms with Gasteiger partial charge in [0.15, 0.2) is 0 Å². The van der Waals surface area contributed by atoms with E-state index < -0.39 is 4.92 Å². The van der Waals surface area contributed by atoms with Crippen LogP contribution in [0.1, 0.15) is 28.8 Å². The van der Waals surface area contributed by atoms with Gasteiger partial charge in [-0.25, -0.2) is 0 Å². The van der Waals surface area contributed by atoms with Crippen LogP contribution in [0, 0.1) is 10.1 Å². The summed E-state index contributed by atoms with van der Waals surface area (Å²) in [6.45, 7) is 0. The topological polar surface area (TPSA) is 90.4 Å². The summed E-state index contributed by atoms with van der Waals surface area (Å²) in [7, 11) is 0. The molecule has 3 aromatic rings. The summed E-state index contributed by atoms with van der Waals surface area (Å²) in [5.41, 5.74) is 1.61. The zero-order chi connectivity index (χ0) is 17.4. The Bertz CT molecular complexity index is 1050. The maximum Gasteiger partial charge on any atom is 0.297 e. The highest BCUT2D eigenvalue weighted by molar-refractivity contribution is 7.19. The van der Waals surface area contributed by atoms with Gasteiger partial charge in [0.2, 0.25) is 0 Å². The molecule has 1 aliphatic rings. The first kappa shape index (κ1) is 15.6. The number of thiophene rings is 1. The maximum atomic E-state index is 12.7. The monoisotopic (exact) mass is 354 g/mol. The Balaban J connectivity index is 1.70. The third-order valence-electron chi connectivity index (χ3n) is 4.30. The van der Waals surface area contributed by atoms with E-state index in [2.05, 4.69) is 10.2 Å². The van der Waals surface area contributed by atoms with E-state index in [-0.39, 0.29) is 11.2 Å². The molecule has 0 atom stereocenters. The van der Waals surface area contributed by atoms with Crippen LogP contribution < -0.4 is 5.56 Å². The van der Waals surface area contributed by atoms with Crippen LogP contribution in [0.4, 0.5) is 5.69 Å². The number of aromatic nitrogens is 2. The number of rotatable bonds is 3. The number of non-ortho nitro benzene ring substituents is 1. The van der Waals surface area contributed by atoms with Crippen LogP contribution in [0.3, 0.4) is 0 Å². The van der Waals surface area contributed by atoms with Crippen molar-refractivity contribution in [1.29, 1.82) is 0 Å². The molecule has 8 heteroatoms. The van der Waals surface area contributed by atoms with E-state index in [0.29, 0.717) is 5.56 Å². The fraction of sp³-hybridized carbons (Fsp3) is 0.235. The van der Waals surface area contributed by atoms with Gasteiger partial charge in [-0.1, -0.05) is 0 Å². The van der Waals surface area contributed by atoms with Gasteiger partial charge in [0.25, 0.3) is 11.2 Å². The minimum atomic E-state index is -0.458. The van der Waals surface area contributed by atoms with Gasteiger partial charge < -0.3 is 0 Å². The van der Waals surface area contributed by atoms with Crippen molar-refractivity contribution in [2.75, 3.05) is 0 Å². The van der Waals surface area contributed by atoms with Crippen LogP contribution in [0.5, 0.6) is 0 Å². The van der Waals surface area contributed by atoms with Crippen molar-refractivity contribution in [3.63, 3.8) is 0 Å². The number of aryl methyl sites for hydroxylation is 2. The summed E-state index contributed by atoms with van der Waals surface area (Å²) in [6, 6.07) is 5.96. The minimum Gasteiger partial charge on any atom is -0.265 e. The molecule has 0 saturated heterocycles. The van der Waals surface area contributed by atoms with Crippen LogP contribution in [0.15, 0.2) is 40.4 Å². The average Bonchev–Trinajstić information content (AvgIpc) is 3.01. The van der Waals surface area contributed by atoms with Gasteiger partial charge in [0.05, 0.1) is 27.4 Å². The number of nitro groups is 1. The molecule has 0 saturated carbocycles. The van der Waals surface area contributed by atoms with Crippen molar-refractivity contribution in [3.8, 4) is 0 Å². The lowest BCUT2D eigenvalue weighted by Gasteiger charge is -2.09. The summed E-state index contributed by atoms with van der Waals surface area (Å²) in [6.07, 6.45) is 7.39. The minimum absolute atomic E-state index is 0.0127. The zero-order valence-electron chi connectivity index (χ0n) is 13.2. The van der Waals surface area contributed by atoms with Crippen molar-refractivity contribution in [3.05, 3.63) is 66.9 Å². The van der Waals surface area contributed by atoms with Crippen LogP contribution >= 0.6 is 11.3 Å². The smallest absolute Gasteiger partial charge is 0.265 e. The molecule has 25 heavy (non-hydrogen) atoms. The molecule has 0 spiro atoms.